The molecule has 0 heterocycles. The fourth-order valence-corrected chi connectivity index (χ4v) is 1.74. The Bertz CT molecular complexity index is 155. The molecule has 0 N–H and O–H groups in total. The van der Waals surface area contributed by atoms with Crippen LogP contribution in [0.2, 0.25) is 0 Å². The molecule has 56 valence electrons. The Morgan fingerprint density at radius 3 is 1.50 bits per heavy atom. The molecule has 10 heavy (non-hydrogen) atoms. The highest BCUT2D eigenvalue weighted by molar-refractivity contribution is 9.18. The highest BCUT2D eigenvalue weighted by atomic mass is 79.9. The fraction of sp³-hybridized carbons (Fsp3) is 0.667. The number of carbonyl (C=O) groups excluding carboxylic acids is 2. The van der Waals surface area contributed by atoms with E-state index in [1.807, 2.05) is 0 Å². The standard InChI is InChI=1S/C6H6Br2O2/c7-5(9)3-1-4(2-3)6(8)10/h3-4H,1-2H2. The van der Waals surface area contributed by atoms with Crippen LogP contribution in [0.25, 0.3) is 0 Å². The molecule has 1 fully saturated rings. The van der Waals surface area contributed by atoms with Crippen molar-refractivity contribution >= 4 is 41.2 Å². The van der Waals surface area contributed by atoms with E-state index in [4.69, 9.17) is 0 Å². The van der Waals surface area contributed by atoms with Crippen LogP contribution in [0.4, 0.5) is 0 Å². The summed E-state index contributed by atoms with van der Waals surface area (Å²) in [5, 5.41) is 0. The van der Waals surface area contributed by atoms with Crippen LogP contribution in [0.5, 0.6) is 0 Å². The molecule has 0 aromatic carbocycles. The summed E-state index contributed by atoms with van der Waals surface area (Å²) in [7, 11) is 0. The van der Waals surface area contributed by atoms with Crippen molar-refractivity contribution < 1.29 is 9.59 Å². The van der Waals surface area contributed by atoms with Crippen molar-refractivity contribution in [1.29, 1.82) is 0 Å². The van der Waals surface area contributed by atoms with E-state index in [1.54, 1.807) is 0 Å². The zero-order chi connectivity index (χ0) is 7.72. The molecule has 0 aromatic rings. The van der Waals surface area contributed by atoms with Gasteiger partial charge in [0, 0.05) is 11.8 Å². The van der Waals surface area contributed by atoms with E-state index in [2.05, 4.69) is 31.9 Å². The van der Waals surface area contributed by atoms with Crippen molar-refractivity contribution in [1.82, 2.24) is 0 Å². The minimum Gasteiger partial charge on any atom is -0.286 e. The Morgan fingerprint density at radius 1 is 1.00 bits per heavy atom. The van der Waals surface area contributed by atoms with Gasteiger partial charge in [0.15, 0.2) is 0 Å². The molecular formula is C6H6Br2O2. The quantitative estimate of drug-likeness (QED) is 0.717. The highest BCUT2D eigenvalue weighted by Crippen LogP contribution is 2.37. The van der Waals surface area contributed by atoms with E-state index in [0.29, 0.717) is 12.8 Å². The van der Waals surface area contributed by atoms with E-state index in [-0.39, 0.29) is 21.2 Å². The van der Waals surface area contributed by atoms with Crippen LogP contribution >= 0.6 is 31.9 Å². The third-order valence-electron chi connectivity index (χ3n) is 1.78. The number of hydrogen-bond donors (Lipinski definition) is 0. The van der Waals surface area contributed by atoms with Gasteiger partial charge in [-0.15, -0.1) is 0 Å². The molecule has 1 aliphatic rings. The second-order valence-corrected chi connectivity index (χ2v) is 4.04. The molecular weight excluding hydrogens is 264 g/mol. The summed E-state index contributed by atoms with van der Waals surface area (Å²) >= 11 is 5.72. The van der Waals surface area contributed by atoms with Crippen LogP contribution in [-0.4, -0.2) is 9.39 Å². The zero-order valence-corrected chi connectivity index (χ0v) is 8.31. The van der Waals surface area contributed by atoms with Crippen LogP contribution in [0.15, 0.2) is 0 Å². The molecule has 1 rings (SSSR count). The first-order chi connectivity index (χ1) is 4.61. The first kappa shape index (κ1) is 8.40. The maximum Gasteiger partial charge on any atom is 0.200 e. The van der Waals surface area contributed by atoms with Gasteiger partial charge in [0.1, 0.15) is 0 Å². The van der Waals surface area contributed by atoms with Crippen LogP contribution in [-0.2, 0) is 9.59 Å². The van der Waals surface area contributed by atoms with Gasteiger partial charge in [-0.25, -0.2) is 0 Å². The van der Waals surface area contributed by atoms with Crippen LogP contribution in [0.3, 0.4) is 0 Å². The third-order valence-corrected chi connectivity index (χ3v) is 3.07. The van der Waals surface area contributed by atoms with Crippen molar-refractivity contribution in [2.24, 2.45) is 11.8 Å². The van der Waals surface area contributed by atoms with Gasteiger partial charge in [0.2, 0.25) is 9.39 Å². The first-order valence-corrected chi connectivity index (χ1v) is 4.58. The largest absolute Gasteiger partial charge is 0.286 e. The lowest BCUT2D eigenvalue weighted by Crippen LogP contribution is -2.31. The Labute approximate surface area is 75.6 Å². The Morgan fingerprint density at radius 2 is 1.30 bits per heavy atom. The number of hydrogen-bond acceptors (Lipinski definition) is 2. The smallest absolute Gasteiger partial charge is 0.200 e. The van der Waals surface area contributed by atoms with Gasteiger partial charge in [0.25, 0.3) is 0 Å². The minimum atomic E-state index is 0.0255. The second-order valence-electron chi connectivity index (χ2n) is 2.47. The molecule has 0 bridgehead atoms. The molecule has 4 heteroatoms. The molecule has 0 spiro atoms. The van der Waals surface area contributed by atoms with E-state index in [9.17, 15) is 9.59 Å². The molecule has 0 saturated heterocycles. The summed E-state index contributed by atoms with van der Waals surface area (Å²) in [6.45, 7) is 0. The predicted molar refractivity (Wildman–Crippen MR) is 44.1 cm³/mol. The first-order valence-electron chi connectivity index (χ1n) is 3.00. The summed E-state index contributed by atoms with van der Waals surface area (Å²) in [5.74, 6) is 0.151. The summed E-state index contributed by atoms with van der Waals surface area (Å²) in [5.41, 5.74) is 0. The molecule has 0 amide bonds. The highest BCUT2D eigenvalue weighted by Gasteiger charge is 2.36. The Kier molecular flexibility index (Phi) is 2.63. The minimum absolute atomic E-state index is 0.0255. The van der Waals surface area contributed by atoms with Crippen molar-refractivity contribution in [3.63, 3.8) is 0 Å². The molecule has 0 unspecified atom stereocenters. The number of rotatable bonds is 2. The lowest BCUT2D eigenvalue weighted by atomic mass is 9.77. The SMILES string of the molecule is O=C(Br)C1CC(C(=O)Br)C1. The lowest BCUT2D eigenvalue weighted by molar-refractivity contribution is -0.122. The van der Waals surface area contributed by atoms with Crippen LogP contribution in [0.1, 0.15) is 12.8 Å². The average molecular weight is 270 g/mol. The van der Waals surface area contributed by atoms with Gasteiger partial charge < -0.3 is 0 Å². The van der Waals surface area contributed by atoms with E-state index in [1.165, 1.54) is 0 Å². The fourth-order valence-electron chi connectivity index (χ4n) is 0.988. The molecule has 2 nitrogen and oxygen atoms in total. The van der Waals surface area contributed by atoms with Crippen molar-refractivity contribution in [2.75, 3.05) is 0 Å². The molecule has 1 aliphatic carbocycles. The lowest BCUT2D eigenvalue weighted by Gasteiger charge is -2.29. The van der Waals surface area contributed by atoms with Gasteiger partial charge in [-0.1, -0.05) is 0 Å². The van der Waals surface area contributed by atoms with Crippen LogP contribution < -0.4 is 0 Å². The molecule has 0 aromatic heterocycles. The van der Waals surface area contributed by atoms with Gasteiger partial charge >= 0.3 is 0 Å². The van der Waals surface area contributed by atoms with Gasteiger partial charge in [-0.3, -0.25) is 9.59 Å². The summed E-state index contributed by atoms with van der Waals surface area (Å²) < 4.78 is 0.0509. The summed E-state index contributed by atoms with van der Waals surface area (Å²) in [6, 6.07) is 0. The number of halogens is 2. The van der Waals surface area contributed by atoms with E-state index in [0.717, 1.165) is 0 Å². The molecule has 0 atom stereocenters. The van der Waals surface area contributed by atoms with Gasteiger partial charge in [0.05, 0.1) is 0 Å². The topological polar surface area (TPSA) is 34.1 Å². The maximum atomic E-state index is 10.6. The average Bonchev–Trinajstić information content (AvgIpc) is 1.56. The van der Waals surface area contributed by atoms with Crippen molar-refractivity contribution in [3.8, 4) is 0 Å². The summed E-state index contributed by atoms with van der Waals surface area (Å²) in [4.78, 5) is 21.2. The second kappa shape index (κ2) is 3.13. The maximum absolute atomic E-state index is 10.6. The van der Waals surface area contributed by atoms with Crippen molar-refractivity contribution in [2.45, 2.75) is 12.8 Å². The van der Waals surface area contributed by atoms with Gasteiger partial charge in [-0.2, -0.15) is 0 Å². The molecule has 1 saturated carbocycles. The zero-order valence-electron chi connectivity index (χ0n) is 5.14. The normalized spacial score (nSPS) is 31.0. The third kappa shape index (κ3) is 1.66. The van der Waals surface area contributed by atoms with Crippen LogP contribution in [0, 0.1) is 11.8 Å². The monoisotopic (exact) mass is 268 g/mol. The molecule has 0 aliphatic heterocycles. The predicted octanol–water partition coefficient (Wildman–Crippen LogP) is 1.86. The Hall–Kier alpha value is 0.300. The summed E-state index contributed by atoms with van der Waals surface area (Å²) in [6.07, 6.45) is 1.41. The number of carbonyl (C=O) groups is 2. The van der Waals surface area contributed by atoms with Crippen molar-refractivity contribution in [3.05, 3.63) is 0 Å². The van der Waals surface area contributed by atoms with E-state index >= 15 is 0 Å². The Balaban J connectivity index is 2.31. The molecule has 0 radical (unpaired) electrons. The van der Waals surface area contributed by atoms with E-state index < -0.39 is 0 Å². The van der Waals surface area contributed by atoms with Gasteiger partial charge in [-0.05, 0) is 44.7 Å².